The van der Waals surface area contributed by atoms with Gasteiger partial charge >= 0.3 is 0 Å². The summed E-state index contributed by atoms with van der Waals surface area (Å²) in [5.74, 6) is 0.522. The van der Waals surface area contributed by atoms with Crippen molar-refractivity contribution in [2.45, 2.75) is 39.8 Å². The number of nitrogens with one attached hydrogen (secondary N) is 3. The fraction of sp³-hybridized carbons (Fsp3) is 0.387. The van der Waals surface area contributed by atoms with Gasteiger partial charge in [0.2, 0.25) is 0 Å². The molecule has 2 aliphatic rings. The molecule has 40 heavy (non-hydrogen) atoms. The number of rotatable bonds is 8. The Labute approximate surface area is 233 Å². The molecule has 4 heterocycles. The molecule has 1 atom stereocenters. The molecule has 9 heteroatoms. The van der Waals surface area contributed by atoms with Crippen LogP contribution in [0, 0.1) is 13.8 Å². The van der Waals surface area contributed by atoms with Crippen LogP contribution in [0.3, 0.4) is 0 Å². The Morgan fingerprint density at radius 2 is 1.90 bits per heavy atom. The van der Waals surface area contributed by atoms with Crippen molar-refractivity contribution in [3.05, 3.63) is 80.8 Å². The van der Waals surface area contributed by atoms with E-state index >= 15 is 0 Å². The number of carbonyl (C=O) groups excluding carboxylic acids is 1. The number of aryl methyl sites for hydroxylation is 2. The first-order valence-electron chi connectivity index (χ1n) is 14.0. The molecular weight excluding hydrogens is 504 g/mol. The van der Waals surface area contributed by atoms with Gasteiger partial charge in [0.15, 0.2) is 0 Å². The monoisotopic (exact) mass is 540 g/mol. The zero-order valence-corrected chi connectivity index (χ0v) is 23.3. The molecule has 9 nitrogen and oxygen atoms in total. The second-order valence-corrected chi connectivity index (χ2v) is 11.1. The molecule has 0 unspecified atom stereocenters. The third-order valence-corrected chi connectivity index (χ3v) is 8.01. The van der Waals surface area contributed by atoms with E-state index < -0.39 is 0 Å². The highest BCUT2D eigenvalue weighted by molar-refractivity contribution is 6.02. The molecule has 4 aromatic rings. The second kappa shape index (κ2) is 10.9. The van der Waals surface area contributed by atoms with E-state index in [0.29, 0.717) is 35.6 Å². The lowest BCUT2D eigenvalue weighted by Crippen LogP contribution is -2.41. The zero-order chi connectivity index (χ0) is 27.8. The normalized spacial score (nSPS) is 16.5. The Kier molecular flexibility index (Phi) is 7.16. The van der Waals surface area contributed by atoms with Crippen molar-refractivity contribution < 1.29 is 9.53 Å². The third-order valence-electron chi connectivity index (χ3n) is 8.01. The third kappa shape index (κ3) is 5.26. The highest BCUT2D eigenvalue weighted by Gasteiger charge is 2.29. The summed E-state index contributed by atoms with van der Waals surface area (Å²) in [5.41, 5.74) is 7.90. The number of fused-ring (bicyclic) bond motifs is 2. The van der Waals surface area contributed by atoms with Crippen molar-refractivity contribution in [1.29, 1.82) is 0 Å². The number of ether oxygens (including phenoxy) is 1. The summed E-state index contributed by atoms with van der Waals surface area (Å²) in [5, 5.41) is 3.54. The molecule has 0 bridgehead atoms. The summed E-state index contributed by atoms with van der Waals surface area (Å²) in [6, 6.07) is 12.3. The van der Waals surface area contributed by atoms with E-state index in [9.17, 15) is 9.59 Å². The van der Waals surface area contributed by atoms with Crippen molar-refractivity contribution in [2.75, 3.05) is 44.7 Å². The van der Waals surface area contributed by atoms with E-state index in [2.05, 4.69) is 59.2 Å². The number of carbonyl (C=O) groups is 1. The number of hydrogen-bond acceptors (Lipinski definition) is 6. The first kappa shape index (κ1) is 26.3. The fourth-order valence-electron chi connectivity index (χ4n) is 5.77. The van der Waals surface area contributed by atoms with Crippen molar-refractivity contribution >= 4 is 22.6 Å². The first-order chi connectivity index (χ1) is 19.4. The maximum absolute atomic E-state index is 13.2. The average Bonchev–Trinajstić information content (AvgIpc) is 3.48. The summed E-state index contributed by atoms with van der Waals surface area (Å²) in [6.45, 7) is 11.8. The minimum Gasteiger partial charge on any atom is -0.381 e. The summed E-state index contributed by atoms with van der Waals surface area (Å²) in [4.78, 5) is 41.4. The van der Waals surface area contributed by atoms with Crippen LogP contribution in [0.15, 0.2) is 47.4 Å². The largest absolute Gasteiger partial charge is 0.381 e. The lowest BCUT2D eigenvalue weighted by atomic mass is 9.99. The predicted molar refractivity (Wildman–Crippen MR) is 157 cm³/mol. The van der Waals surface area contributed by atoms with Crippen LogP contribution in [0.5, 0.6) is 0 Å². The maximum Gasteiger partial charge on any atom is 0.261 e. The molecule has 3 N–H and O–H groups in total. The average molecular weight is 541 g/mol. The summed E-state index contributed by atoms with van der Waals surface area (Å²) < 4.78 is 5.43. The summed E-state index contributed by atoms with van der Waals surface area (Å²) in [6.07, 6.45) is 2.48. The van der Waals surface area contributed by atoms with E-state index in [4.69, 9.17) is 9.72 Å². The minimum atomic E-state index is -0.221. The fourth-order valence-corrected chi connectivity index (χ4v) is 5.77. The number of morpholine rings is 1. The molecule has 0 aliphatic carbocycles. The SMILES string of the molecule is Cc1ccc(C)c(C[C@H](C)Nc2cc[nH]c(=O)c2-c2nc3cc4c(cc3[nH]2)CN(CCN2CCOCC2)C4=O)c1. The van der Waals surface area contributed by atoms with Crippen LogP contribution in [0.4, 0.5) is 5.69 Å². The number of aromatic amines is 2. The Bertz CT molecular complexity index is 1620. The van der Waals surface area contributed by atoms with Crippen LogP contribution in [0.25, 0.3) is 22.4 Å². The molecule has 6 rings (SSSR count). The van der Waals surface area contributed by atoms with Gasteiger partial charge in [-0.1, -0.05) is 23.8 Å². The number of anilines is 1. The van der Waals surface area contributed by atoms with E-state index in [1.54, 1.807) is 6.20 Å². The molecule has 0 radical (unpaired) electrons. The van der Waals surface area contributed by atoms with Gasteiger partial charge in [-0.15, -0.1) is 0 Å². The van der Waals surface area contributed by atoms with Gasteiger partial charge in [-0.2, -0.15) is 0 Å². The number of pyridine rings is 1. The van der Waals surface area contributed by atoms with Crippen LogP contribution < -0.4 is 10.9 Å². The number of amides is 1. The lowest BCUT2D eigenvalue weighted by Gasteiger charge is -2.28. The van der Waals surface area contributed by atoms with E-state index in [1.165, 1.54) is 16.7 Å². The zero-order valence-electron chi connectivity index (χ0n) is 23.3. The van der Waals surface area contributed by atoms with Crippen LogP contribution in [-0.4, -0.2) is 76.1 Å². The smallest absolute Gasteiger partial charge is 0.261 e. The number of aromatic nitrogens is 3. The molecule has 0 saturated carbocycles. The van der Waals surface area contributed by atoms with Crippen molar-refractivity contribution in [3.8, 4) is 11.4 Å². The van der Waals surface area contributed by atoms with Gasteiger partial charge < -0.3 is 24.9 Å². The highest BCUT2D eigenvalue weighted by atomic mass is 16.5. The van der Waals surface area contributed by atoms with Gasteiger partial charge in [-0.05, 0) is 62.1 Å². The first-order valence-corrected chi connectivity index (χ1v) is 14.0. The Morgan fingerprint density at radius 3 is 2.73 bits per heavy atom. The van der Waals surface area contributed by atoms with E-state index in [1.807, 2.05) is 23.1 Å². The molecule has 1 fully saturated rings. The van der Waals surface area contributed by atoms with Crippen LogP contribution in [-0.2, 0) is 17.7 Å². The number of nitrogens with zero attached hydrogens (tertiary/aromatic N) is 3. The topological polar surface area (TPSA) is 106 Å². The van der Waals surface area contributed by atoms with Gasteiger partial charge in [0.25, 0.3) is 11.5 Å². The van der Waals surface area contributed by atoms with Crippen molar-refractivity contribution in [3.63, 3.8) is 0 Å². The molecule has 2 aliphatic heterocycles. The Morgan fingerprint density at radius 1 is 1.07 bits per heavy atom. The quantitative estimate of drug-likeness (QED) is 0.313. The van der Waals surface area contributed by atoms with Crippen molar-refractivity contribution in [1.82, 2.24) is 24.8 Å². The number of hydrogen-bond donors (Lipinski definition) is 3. The van der Waals surface area contributed by atoms with Gasteiger partial charge in [0.05, 0.1) is 29.9 Å². The minimum absolute atomic E-state index is 0.0369. The number of benzene rings is 2. The molecule has 1 saturated heterocycles. The second-order valence-electron chi connectivity index (χ2n) is 11.1. The molecule has 1 amide bonds. The Hall–Kier alpha value is -3.95. The standard InChI is InChI=1S/C31H36N6O3/c1-19-4-5-20(2)22(14-19)15-21(3)33-25-6-7-32-30(38)28(25)29-34-26-16-23-18-37(9-8-36-10-12-40-13-11-36)31(39)24(23)17-27(26)35-29/h4-7,14,16-17,21H,8-13,15,18H2,1-3H3,(H,34,35)(H2,32,33,38)/t21-/m0/s1. The maximum atomic E-state index is 13.2. The predicted octanol–water partition coefficient (Wildman–Crippen LogP) is 3.87. The molecule has 2 aromatic heterocycles. The van der Waals surface area contributed by atoms with Gasteiger partial charge in [0.1, 0.15) is 11.4 Å². The number of imidazole rings is 1. The van der Waals surface area contributed by atoms with Gasteiger partial charge in [0, 0.05) is 50.5 Å². The molecule has 0 spiro atoms. The van der Waals surface area contributed by atoms with Crippen LogP contribution >= 0.6 is 0 Å². The molecular formula is C31H36N6O3. The van der Waals surface area contributed by atoms with E-state index in [-0.39, 0.29) is 17.5 Å². The van der Waals surface area contributed by atoms with E-state index in [0.717, 1.165) is 56.0 Å². The molecule has 208 valence electrons. The Balaban J connectivity index is 1.22. The number of H-pyrrole nitrogens is 2. The van der Waals surface area contributed by atoms with Crippen LogP contribution in [0.1, 0.15) is 39.5 Å². The van der Waals surface area contributed by atoms with Gasteiger partial charge in [-0.25, -0.2) is 4.98 Å². The van der Waals surface area contributed by atoms with Crippen LogP contribution in [0.2, 0.25) is 0 Å². The summed E-state index contributed by atoms with van der Waals surface area (Å²) >= 11 is 0. The molecule has 2 aromatic carbocycles. The lowest BCUT2D eigenvalue weighted by molar-refractivity contribution is 0.0327. The highest BCUT2D eigenvalue weighted by Crippen LogP contribution is 2.30. The van der Waals surface area contributed by atoms with Gasteiger partial charge in [-0.3, -0.25) is 14.5 Å². The van der Waals surface area contributed by atoms with Crippen molar-refractivity contribution in [2.24, 2.45) is 0 Å². The summed E-state index contributed by atoms with van der Waals surface area (Å²) in [7, 11) is 0.